The zero-order valence-corrected chi connectivity index (χ0v) is 19.0. The van der Waals surface area contributed by atoms with E-state index in [-0.39, 0.29) is 36.5 Å². The van der Waals surface area contributed by atoms with Crippen molar-refractivity contribution in [2.75, 3.05) is 20.3 Å². The van der Waals surface area contributed by atoms with Crippen LogP contribution in [0.2, 0.25) is 0 Å². The summed E-state index contributed by atoms with van der Waals surface area (Å²) in [5.41, 5.74) is 2.64. The number of rotatable bonds is 9. The average molecular weight is 478 g/mol. The molecule has 0 fully saturated rings. The van der Waals surface area contributed by atoms with Crippen molar-refractivity contribution in [1.82, 2.24) is 15.5 Å². The largest absolute Gasteiger partial charge is 0.394 e. The molecule has 4 rings (SSSR count). The fraction of sp³-hybridized carbons (Fsp3) is 0.231. The summed E-state index contributed by atoms with van der Waals surface area (Å²) in [6.07, 6.45) is 2.77. The van der Waals surface area contributed by atoms with Crippen LogP contribution in [0.4, 0.5) is 8.78 Å². The van der Waals surface area contributed by atoms with Gasteiger partial charge in [-0.1, -0.05) is 18.2 Å². The average Bonchev–Trinajstić information content (AvgIpc) is 3.35. The number of halogens is 2. The molecule has 0 aliphatic carbocycles. The van der Waals surface area contributed by atoms with Crippen LogP contribution >= 0.6 is 0 Å². The highest BCUT2D eigenvalue weighted by atomic mass is 19.1. The molecule has 2 atom stereocenters. The first-order chi connectivity index (χ1) is 17.0. The van der Waals surface area contributed by atoms with E-state index >= 15 is 0 Å². The number of aromatic nitrogens is 2. The Morgan fingerprint density at radius 2 is 1.94 bits per heavy atom. The molecule has 1 aliphatic heterocycles. The Kier molecular flexibility index (Phi) is 7.69. The van der Waals surface area contributed by atoms with Gasteiger partial charge in [0.15, 0.2) is 0 Å². The molecule has 35 heavy (non-hydrogen) atoms. The number of carbonyl (C=O) groups excluding carboxylic acids is 1. The van der Waals surface area contributed by atoms with Crippen LogP contribution < -0.4 is 5.32 Å². The van der Waals surface area contributed by atoms with E-state index in [4.69, 9.17) is 4.74 Å². The van der Waals surface area contributed by atoms with E-state index in [0.717, 1.165) is 11.1 Å². The van der Waals surface area contributed by atoms with E-state index in [2.05, 4.69) is 20.5 Å². The van der Waals surface area contributed by atoms with Crippen molar-refractivity contribution in [3.05, 3.63) is 101 Å². The van der Waals surface area contributed by atoms with Crippen LogP contribution in [0, 0.1) is 11.6 Å². The summed E-state index contributed by atoms with van der Waals surface area (Å²) in [6, 6.07) is 13.0. The monoisotopic (exact) mass is 478 g/mol. The first-order valence-electron chi connectivity index (χ1n) is 11.0. The smallest absolute Gasteiger partial charge is 0.252 e. The minimum atomic E-state index is -0.716. The SMILES string of the molecule is CO[C@H](CO)[C@@H](Cc1cccnn1)NC(=O)c1cccc(F)c1C1=NCC(c2ccc(F)cc2)=C1. The van der Waals surface area contributed by atoms with Crippen molar-refractivity contribution in [1.29, 1.82) is 0 Å². The zero-order chi connectivity index (χ0) is 24.8. The molecule has 7 nitrogen and oxygen atoms in total. The molecular formula is C26H24F2N4O3. The van der Waals surface area contributed by atoms with Crippen molar-refractivity contribution < 1.29 is 23.4 Å². The molecule has 2 aromatic carbocycles. The summed E-state index contributed by atoms with van der Waals surface area (Å²) < 4.78 is 33.6. The Bertz CT molecular complexity index is 1240. The van der Waals surface area contributed by atoms with E-state index in [1.54, 1.807) is 30.3 Å². The summed E-state index contributed by atoms with van der Waals surface area (Å²) in [5.74, 6) is -1.49. The highest BCUT2D eigenvalue weighted by Crippen LogP contribution is 2.25. The van der Waals surface area contributed by atoms with Gasteiger partial charge >= 0.3 is 0 Å². The molecule has 1 aromatic heterocycles. The molecule has 2 N–H and O–H groups in total. The summed E-state index contributed by atoms with van der Waals surface area (Å²) >= 11 is 0. The standard InChI is InChI=1S/C26H24F2N4O3/c1-35-24(15-33)22(13-19-4-3-11-30-32-19)31-26(34)20-5-2-6-21(28)25(20)23-12-17(14-29-23)16-7-9-18(27)10-8-16/h2-12,22,24,33H,13-15H2,1H3,(H,31,34)/t22-,24-/m1/s1. The number of benzene rings is 2. The molecule has 0 saturated heterocycles. The predicted octanol–water partition coefficient (Wildman–Crippen LogP) is 2.99. The minimum absolute atomic E-state index is 0.0679. The van der Waals surface area contributed by atoms with Gasteiger partial charge in [-0.05, 0) is 53.6 Å². The summed E-state index contributed by atoms with van der Waals surface area (Å²) in [7, 11) is 1.43. The van der Waals surface area contributed by atoms with Crippen LogP contribution in [0.3, 0.4) is 0 Å². The third-order valence-electron chi connectivity index (χ3n) is 5.76. The van der Waals surface area contributed by atoms with Crippen LogP contribution in [0.15, 0.2) is 71.9 Å². The maximum Gasteiger partial charge on any atom is 0.252 e. The van der Waals surface area contributed by atoms with Crippen LogP contribution in [0.1, 0.15) is 27.2 Å². The number of amides is 1. The number of allylic oxidation sites excluding steroid dienone is 1. The molecule has 0 radical (unpaired) electrons. The van der Waals surface area contributed by atoms with Crippen molar-refractivity contribution in [2.45, 2.75) is 18.6 Å². The van der Waals surface area contributed by atoms with Gasteiger partial charge in [-0.15, -0.1) is 0 Å². The number of aliphatic hydroxyl groups excluding tert-OH is 1. The fourth-order valence-corrected chi connectivity index (χ4v) is 3.95. The van der Waals surface area contributed by atoms with Crippen molar-refractivity contribution in [2.24, 2.45) is 4.99 Å². The highest BCUT2D eigenvalue weighted by molar-refractivity contribution is 6.19. The van der Waals surface area contributed by atoms with E-state index in [0.29, 0.717) is 11.4 Å². The molecule has 0 spiro atoms. The summed E-state index contributed by atoms with van der Waals surface area (Å²) in [6.45, 7) is -0.0594. The molecule has 2 heterocycles. The number of nitrogens with one attached hydrogen (secondary N) is 1. The highest BCUT2D eigenvalue weighted by Gasteiger charge is 2.27. The van der Waals surface area contributed by atoms with E-state index in [1.165, 1.54) is 43.6 Å². The number of aliphatic hydroxyl groups is 1. The maximum absolute atomic E-state index is 15.0. The minimum Gasteiger partial charge on any atom is -0.394 e. The lowest BCUT2D eigenvalue weighted by molar-refractivity contribution is 0.0213. The van der Waals surface area contributed by atoms with Gasteiger partial charge in [0.25, 0.3) is 5.91 Å². The number of methoxy groups -OCH3 is 1. The second-order valence-corrected chi connectivity index (χ2v) is 8.00. The molecule has 1 aliphatic rings. The van der Waals surface area contributed by atoms with Gasteiger partial charge in [-0.25, -0.2) is 8.78 Å². The normalized spacial score (nSPS) is 14.7. The van der Waals surface area contributed by atoms with E-state index in [1.807, 2.05) is 0 Å². The first-order valence-corrected chi connectivity index (χ1v) is 11.0. The Morgan fingerprint density at radius 3 is 2.63 bits per heavy atom. The number of carbonyl (C=O) groups is 1. The number of nitrogens with zero attached hydrogens (tertiary/aromatic N) is 3. The molecule has 180 valence electrons. The molecule has 0 saturated carbocycles. The van der Waals surface area contributed by atoms with Crippen LogP contribution in [0.25, 0.3) is 5.57 Å². The quantitative estimate of drug-likeness (QED) is 0.493. The van der Waals surface area contributed by atoms with E-state index < -0.39 is 23.9 Å². The molecule has 0 bridgehead atoms. The van der Waals surface area contributed by atoms with Gasteiger partial charge < -0.3 is 15.2 Å². The van der Waals surface area contributed by atoms with Gasteiger partial charge in [-0.2, -0.15) is 10.2 Å². The molecule has 1 amide bonds. The molecular weight excluding hydrogens is 454 g/mol. The predicted molar refractivity (Wildman–Crippen MR) is 127 cm³/mol. The zero-order valence-electron chi connectivity index (χ0n) is 19.0. The van der Waals surface area contributed by atoms with Crippen LogP contribution in [-0.2, 0) is 11.2 Å². The Balaban J connectivity index is 1.62. The lowest BCUT2D eigenvalue weighted by Crippen LogP contribution is -2.47. The maximum atomic E-state index is 15.0. The summed E-state index contributed by atoms with van der Waals surface area (Å²) in [5, 5.41) is 20.5. The third-order valence-corrected chi connectivity index (χ3v) is 5.76. The van der Waals surface area contributed by atoms with Gasteiger partial charge in [0, 0.05) is 25.3 Å². The Morgan fingerprint density at radius 1 is 1.14 bits per heavy atom. The lowest BCUT2D eigenvalue weighted by atomic mass is 9.98. The van der Waals surface area contributed by atoms with Crippen molar-refractivity contribution in [3.63, 3.8) is 0 Å². The topological polar surface area (TPSA) is 96.7 Å². The Labute approximate surface area is 201 Å². The van der Waals surface area contributed by atoms with Crippen molar-refractivity contribution in [3.8, 4) is 0 Å². The summed E-state index contributed by atoms with van der Waals surface area (Å²) in [4.78, 5) is 17.8. The van der Waals surface area contributed by atoms with E-state index in [9.17, 15) is 18.7 Å². The van der Waals surface area contributed by atoms with Gasteiger partial charge in [-0.3, -0.25) is 9.79 Å². The second kappa shape index (κ2) is 11.1. The van der Waals surface area contributed by atoms with Crippen molar-refractivity contribution >= 4 is 17.2 Å². The Hall–Kier alpha value is -3.82. The number of hydrogen-bond donors (Lipinski definition) is 2. The van der Waals surface area contributed by atoms with Gasteiger partial charge in [0.1, 0.15) is 17.7 Å². The lowest BCUT2D eigenvalue weighted by Gasteiger charge is -2.25. The third kappa shape index (κ3) is 5.64. The molecule has 3 aromatic rings. The number of hydrogen-bond acceptors (Lipinski definition) is 6. The van der Waals surface area contributed by atoms with Gasteiger partial charge in [0.2, 0.25) is 0 Å². The second-order valence-electron chi connectivity index (χ2n) is 8.00. The number of aliphatic imine (C=N–C) groups is 1. The first kappa shape index (κ1) is 24.3. The molecule has 0 unspecified atom stereocenters. The van der Waals surface area contributed by atoms with Crippen LogP contribution in [0.5, 0.6) is 0 Å². The fourth-order valence-electron chi connectivity index (χ4n) is 3.95. The molecule has 9 heteroatoms. The van der Waals surface area contributed by atoms with Gasteiger partial charge in [0.05, 0.1) is 36.2 Å². The number of ether oxygens (including phenoxy) is 1. The van der Waals surface area contributed by atoms with Crippen LogP contribution in [-0.4, -0.2) is 59.3 Å².